The molecular weight excluding hydrogens is 278 g/mol. The van der Waals surface area contributed by atoms with Gasteiger partial charge in [0.2, 0.25) is 0 Å². The van der Waals surface area contributed by atoms with Crippen LogP contribution in [0.25, 0.3) is 0 Å². The van der Waals surface area contributed by atoms with E-state index in [4.69, 9.17) is 0 Å². The number of thiazole rings is 1. The predicted octanol–water partition coefficient (Wildman–Crippen LogP) is 3.58. The summed E-state index contributed by atoms with van der Waals surface area (Å²) in [6, 6.07) is 8.92. The highest BCUT2D eigenvalue weighted by Crippen LogP contribution is 2.09. The van der Waals surface area contributed by atoms with Crippen molar-refractivity contribution >= 4 is 11.3 Å². The molecule has 3 nitrogen and oxygen atoms in total. The molecule has 1 N–H and O–H groups in total. The number of hydrogen-bond acceptors (Lipinski definition) is 4. The normalized spacial score (nSPS) is 11.2. The Balaban J connectivity index is 1.79. The molecule has 0 saturated heterocycles. The van der Waals surface area contributed by atoms with Crippen molar-refractivity contribution < 1.29 is 0 Å². The zero-order chi connectivity index (χ0) is 15.1. The van der Waals surface area contributed by atoms with Gasteiger partial charge in [0, 0.05) is 25.0 Å². The molecule has 0 unspecified atom stereocenters. The molecule has 0 saturated carbocycles. The Morgan fingerprint density at radius 1 is 1.05 bits per heavy atom. The number of benzene rings is 1. The second-order valence-corrected chi connectivity index (χ2v) is 6.30. The summed E-state index contributed by atoms with van der Waals surface area (Å²) in [5, 5.41) is 6.70. The van der Waals surface area contributed by atoms with Crippen LogP contribution in [0, 0.1) is 6.92 Å². The van der Waals surface area contributed by atoms with E-state index in [0.29, 0.717) is 0 Å². The van der Waals surface area contributed by atoms with E-state index in [2.05, 4.69) is 58.7 Å². The quantitative estimate of drug-likeness (QED) is 0.808. The summed E-state index contributed by atoms with van der Waals surface area (Å²) in [4.78, 5) is 6.89. The molecular formula is C17H25N3S. The fourth-order valence-electron chi connectivity index (χ4n) is 2.29. The van der Waals surface area contributed by atoms with Crippen molar-refractivity contribution in [2.24, 2.45) is 0 Å². The molecule has 0 atom stereocenters. The standard InChI is InChI=1S/C17H25N3S/c1-4-20(5-2)12-16-8-6-15(7-9-16)10-18-11-17-13-21-14(3)19-17/h6-9,13,18H,4-5,10-12H2,1-3H3. The van der Waals surface area contributed by atoms with Crippen LogP contribution in [0.4, 0.5) is 0 Å². The van der Waals surface area contributed by atoms with Crippen LogP contribution in [0.1, 0.15) is 35.7 Å². The van der Waals surface area contributed by atoms with Crippen molar-refractivity contribution in [1.82, 2.24) is 15.2 Å². The van der Waals surface area contributed by atoms with Crippen molar-refractivity contribution in [2.75, 3.05) is 13.1 Å². The minimum atomic E-state index is 0.839. The smallest absolute Gasteiger partial charge is 0.0897 e. The van der Waals surface area contributed by atoms with E-state index in [0.717, 1.165) is 43.4 Å². The summed E-state index contributed by atoms with van der Waals surface area (Å²) in [6.07, 6.45) is 0. The number of nitrogens with zero attached hydrogens (tertiary/aromatic N) is 2. The molecule has 0 bridgehead atoms. The first kappa shape index (κ1) is 16.1. The Hall–Kier alpha value is -1.23. The summed E-state index contributed by atoms with van der Waals surface area (Å²) in [5.41, 5.74) is 3.85. The van der Waals surface area contributed by atoms with Crippen LogP contribution in [-0.2, 0) is 19.6 Å². The summed E-state index contributed by atoms with van der Waals surface area (Å²) < 4.78 is 0. The number of aryl methyl sites for hydroxylation is 1. The van der Waals surface area contributed by atoms with Gasteiger partial charge in [0.25, 0.3) is 0 Å². The molecule has 1 aromatic carbocycles. The van der Waals surface area contributed by atoms with E-state index < -0.39 is 0 Å². The van der Waals surface area contributed by atoms with Crippen LogP contribution in [0.2, 0.25) is 0 Å². The van der Waals surface area contributed by atoms with Crippen LogP contribution < -0.4 is 5.32 Å². The molecule has 2 rings (SSSR count). The summed E-state index contributed by atoms with van der Waals surface area (Å²) in [5.74, 6) is 0. The second-order valence-electron chi connectivity index (χ2n) is 5.24. The van der Waals surface area contributed by atoms with Crippen molar-refractivity contribution in [3.63, 3.8) is 0 Å². The highest BCUT2D eigenvalue weighted by atomic mass is 32.1. The first-order valence-corrected chi connectivity index (χ1v) is 8.51. The van der Waals surface area contributed by atoms with Gasteiger partial charge in [-0.2, -0.15) is 0 Å². The lowest BCUT2D eigenvalue weighted by atomic mass is 10.1. The molecule has 1 aromatic heterocycles. The molecule has 4 heteroatoms. The van der Waals surface area contributed by atoms with E-state index in [-0.39, 0.29) is 0 Å². The van der Waals surface area contributed by atoms with E-state index in [9.17, 15) is 0 Å². The average molecular weight is 303 g/mol. The van der Waals surface area contributed by atoms with Gasteiger partial charge in [0.15, 0.2) is 0 Å². The molecule has 0 spiro atoms. The van der Waals surface area contributed by atoms with Crippen molar-refractivity contribution in [3.8, 4) is 0 Å². The van der Waals surface area contributed by atoms with Gasteiger partial charge in [-0.3, -0.25) is 4.90 Å². The third-order valence-corrected chi connectivity index (χ3v) is 4.45. The van der Waals surface area contributed by atoms with Crippen LogP contribution in [0.15, 0.2) is 29.6 Å². The topological polar surface area (TPSA) is 28.2 Å². The number of rotatable bonds is 8. The molecule has 21 heavy (non-hydrogen) atoms. The molecule has 0 aliphatic carbocycles. The Labute approximate surface area is 132 Å². The largest absolute Gasteiger partial charge is 0.307 e. The lowest BCUT2D eigenvalue weighted by molar-refractivity contribution is 0.296. The Morgan fingerprint density at radius 3 is 2.29 bits per heavy atom. The first-order valence-electron chi connectivity index (χ1n) is 7.63. The highest BCUT2D eigenvalue weighted by molar-refractivity contribution is 7.09. The molecule has 1 heterocycles. The van der Waals surface area contributed by atoms with Crippen LogP contribution in [0.5, 0.6) is 0 Å². The van der Waals surface area contributed by atoms with Gasteiger partial charge >= 0.3 is 0 Å². The fraction of sp³-hybridized carbons (Fsp3) is 0.471. The van der Waals surface area contributed by atoms with Gasteiger partial charge in [-0.1, -0.05) is 38.1 Å². The number of nitrogens with one attached hydrogen (secondary N) is 1. The van der Waals surface area contributed by atoms with Gasteiger partial charge < -0.3 is 5.32 Å². The minimum absolute atomic E-state index is 0.839. The fourth-order valence-corrected chi connectivity index (χ4v) is 2.90. The van der Waals surface area contributed by atoms with Crippen LogP contribution >= 0.6 is 11.3 Å². The molecule has 0 radical (unpaired) electrons. The van der Waals surface area contributed by atoms with E-state index in [1.165, 1.54) is 11.1 Å². The average Bonchev–Trinajstić information content (AvgIpc) is 2.92. The molecule has 0 aliphatic heterocycles. The van der Waals surface area contributed by atoms with Crippen molar-refractivity contribution in [2.45, 2.75) is 40.4 Å². The maximum absolute atomic E-state index is 4.46. The third-order valence-electron chi connectivity index (χ3n) is 3.63. The Kier molecular flexibility index (Phi) is 6.36. The summed E-state index contributed by atoms with van der Waals surface area (Å²) in [7, 11) is 0. The van der Waals surface area contributed by atoms with E-state index in [1.807, 2.05) is 6.92 Å². The lowest BCUT2D eigenvalue weighted by Gasteiger charge is -2.18. The predicted molar refractivity (Wildman–Crippen MR) is 90.5 cm³/mol. The monoisotopic (exact) mass is 303 g/mol. The maximum Gasteiger partial charge on any atom is 0.0897 e. The van der Waals surface area contributed by atoms with Gasteiger partial charge in [0.1, 0.15) is 0 Å². The SMILES string of the molecule is CCN(CC)Cc1ccc(CNCc2csc(C)n2)cc1. The Bertz CT molecular complexity index is 529. The lowest BCUT2D eigenvalue weighted by Crippen LogP contribution is -2.22. The van der Waals surface area contributed by atoms with Gasteiger partial charge in [-0.05, 0) is 31.1 Å². The van der Waals surface area contributed by atoms with Crippen LogP contribution in [-0.4, -0.2) is 23.0 Å². The summed E-state index contributed by atoms with van der Waals surface area (Å²) >= 11 is 1.71. The molecule has 0 amide bonds. The zero-order valence-electron chi connectivity index (χ0n) is 13.2. The van der Waals surface area contributed by atoms with E-state index >= 15 is 0 Å². The molecule has 0 fully saturated rings. The maximum atomic E-state index is 4.46. The summed E-state index contributed by atoms with van der Waals surface area (Å²) in [6.45, 7) is 11.4. The zero-order valence-corrected chi connectivity index (χ0v) is 14.0. The number of hydrogen-bond donors (Lipinski definition) is 1. The van der Waals surface area contributed by atoms with Gasteiger partial charge in [-0.25, -0.2) is 4.98 Å². The van der Waals surface area contributed by atoms with Crippen molar-refractivity contribution in [1.29, 1.82) is 0 Å². The highest BCUT2D eigenvalue weighted by Gasteiger charge is 2.02. The van der Waals surface area contributed by atoms with Crippen molar-refractivity contribution in [3.05, 3.63) is 51.5 Å². The first-order chi connectivity index (χ1) is 10.2. The molecule has 2 aromatic rings. The van der Waals surface area contributed by atoms with Gasteiger partial charge in [0.05, 0.1) is 10.7 Å². The molecule has 114 valence electrons. The second kappa shape index (κ2) is 8.27. The molecule has 0 aliphatic rings. The van der Waals surface area contributed by atoms with Crippen LogP contribution in [0.3, 0.4) is 0 Å². The number of aromatic nitrogens is 1. The van der Waals surface area contributed by atoms with E-state index in [1.54, 1.807) is 11.3 Å². The van der Waals surface area contributed by atoms with Gasteiger partial charge in [-0.15, -0.1) is 11.3 Å². The Morgan fingerprint density at radius 2 is 1.71 bits per heavy atom. The minimum Gasteiger partial charge on any atom is -0.307 e. The third kappa shape index (κ3) is 5.23.